The van der Waals surface area contributed by atoms with Gasteiger partial charge in [-0.15, -0.1) is 12.6 Å². The highest BCUT2D eigenvalue weighted by Gasteiger charge is 2.46. The maximum atomic E-state index is 10.8. The van der Waals surface area contributed by atoms with E-state index in [0.717, 1.165) is 16.7 Å². The van der Waals surface area contributed by atoms with Gasteiger partial charge in [0.2, 0.25) is 0 Å². The standard InChI is InChI=1S/C22H35NO10S2/c1-10-3-4-12(5-11(10)2)6-23(22(34)35)7-13(26)16(28)20(14(27)8-24)33-21-19(31)18(30)17(29)15(9-25)32-21/h3-5,13-21,24-31H,6-9H2,1-2H3,(H,34,35)/t13-,14+,15+,16+,17-,18-,19+,20+,21-/m0/s1. The molecule has 13 heteroatoms. The molecular formula is C22H35NO10S2. The maximum Gasteiger partial charge on any atom is 0.187 e. The number of aliphatic hydroxyl groups is 8. The highest BCUT2D eigenvalue weighted by atomic mass is 32.1. The molecule has 0 spiro atoms. The van der Waals surface area contributed by atoms with Crippen molar-refractivity contribution in [1.29, 1.82) is 0 Å². The number of ether oxygens (including phenoxy) is 2. The monoisotopic (exact) mass is 537 g/mol. The lowest BCUT2D eigenvalue weighted by Gasteiger charge is -2.42. The number of nitrogens with zero attached hydrogens (tertiary/aromatic N) is 1. The zero-order chi connectivity index (χ0) is 26.4. The van der Waals surface area contributed by atoms with Crippen molar-refractivity contribution >= 4 is 29.2 Å². The zero-order valence-corrected chi connectivity index (χ0v) is 21.2. The van der Waals surface area contributed by atoms with Crippen LogP contribution in [-0.2, 0) is 16.0 Å². The Balaban J connectivity index is 2.15. The first-order valence-corrected chi connectivity index (χ1v) is 11.9. The zero-order valence-electron chi connectivity index (χ0n) is 19.5. The van der Waals surface area contributed by atoms with Crippen molar-refractivity contribution in [3.8, 4) is 0 Å². The molecule has 0 aromatic heterocycles. The Kier molecular flexibility index (Phi) is 11.7. The van der Waals surface area contributed by atoms with Crippen LogP contribution in [0.25, 0.3) is 0 Å². The molecule has 1 heterocycles. The SMILES string of the molecule is Cc1ccc(CN(C[C@H](O)[C@@H](O)[C@H](O[C@@H]2O[C@H](CO)[C@H](O)[C@H](O)[C@H]2O)[C@H](O)CO)C(=S)S)cc1C. The van der Waals surface area contributed by atoms with Crippen LogP contribution in [0.1, 0.15) is 16.7 Å². The molecule has 11 nitrogen and oxygen atoms in total. The summed E-state index contributed by atoms with van der Waals surface area (Å²) >= 11 is 9.36. The highest BCUT2D eigenvalue weighted by molar-refractivity contribution is 8.10. The number of hydrogen-bond acceptors (Lipinski definition) is 11. The van der Waals surface area contributed by atoms with Gasteiger partial charge in [-0.1, -0.05) is 30.4 Å². The molecule has 0 saturated carbocycles. The molecule has 0 bridgehead atoms. The first-order chi connectivity index (χ1) is 16.4. The lowest BCUT2D eigenvalue weighted by atomic mass is 9.98. The third-order valence-electron chi connectivity index (χ3n) is 6.06. The van der Waals surface area contributed by atoms with E-state index in [1.54, 1.807) is 0 Å². The van der Waals surface area contributed by atoms with Crippen molar-refractivity contribution in [2.75, 3.05) is 19.8 Å². The van der Waals surface area contributed by atoms with Gasteiger partial charge < -0.3 is 55.2 Å². The van der Waals surface area contributed by atoms with Gasteiger partial charge in [-0.05, 0) is 30.5 Å². The summed E-state index contributed by atoms with van der Waals surface area (Å²) in [5.74, 6) is 0. The third-order valence-corrected chi connectivity index (χ3v) is 6.60. The fourth-order valence-electron chi connectivity index (χ4n) is 3.72. The summed E-state index contributed by atoms with van der Waals surface area (Å²) in [6.45, 7) is 2.40. The van der Waals surface area contributed by atoms with Gasteiger partial charge in [0, 0.05) is 13.1 Å². The predicted molar refractivity (Wildman–Crippen MR) is 132 cm³/mol. The fourth-order valence-corrected chi connectivity index (χ4v) is 4.01. The smallest absolute Gasteiger partial charge is 0.187 e. The Morgan fingerprint density at radius 1 is 1.06 bits per heavy atom. The number of rotatable bonds is 11. The van der Waals surface area contributed by atoms with E-state index in [-0.39, 0.29) is 17.4 Å². The average molecular weight is 538 g/mol. The normalized spacial score (nSPS) is 28.3. The van der Waals surface area contributed by atoms with E-state index in [1.807, 2.05) is 32.0 Å². The molecule has 0 radical (unpaired) electrons. The molecule has 1 aromatic carbocycles. The molecule has 9 atom stereocenters. The Morgan fingerprint density at radius 2 is 1.71 bits per heavy atom. The largest absolute Gasteiger partial charge is 0.394 e. The molecular weight excluding hydrogens is 502 g/mol. The quantitative estimate of drug-likeness (QED) is 0.108. The van der Waals surface area contributed by atoms with Crippen molar-refractivity contribution in [2.45, 2.75) is 75.5 Å². The van der Waals surface area contributed by atoms with Crippen LogP contribution >= 0.6 is 24.8 Å². The van der Waals surface area contributed by atoms with Crippen LogP contribution in [-0.4, -0.2) is 125 Å². The van der Waals surface area contributed by atoms with E-state index >= 15 is 0 Å². The number of thiocarbonyl (C=S) groups is 1. The van der Waals surface area contributed by atoms with E-state index in [0.29, 0.717) is 0 Å². The molecule has 1 saturated heterocycles. The molecule has 1 aliphatic heterocycles. The molecule has 8 N–H and O–H groups in total. The second-order valence-electron chi connectivity index (χ2n) is 8.69. The highest BCUT2D eigenvalue weighted by Crippen LogP contribution is 2.25. The third kappa shape index (κ3) is 7.77. The number of aliphatic hydroxyl groups excluding tert-OH is 8. The fraction of sp³-hybridized carbons (Fsp3) is 0.682. The molecule has 1 aromatic rings. The molecule has 200 valence electrons. The Bertz CT molecular complexity index is 831. The predicted octanol–water partition coefficient (Wildman–Crippen LogP) is -2.42. The summed E-state index contributed by atoms with van der Waals surface area (Å²) in [4.78, 5) is 1.52. The number of hydrogen-bond donors (Lipinski definition) is 9. The summed E-state index contributed by atoms with van der Waals surface area (Å²) in [5.41, 5.74) is 3.05. The summed E-state index contributed by atoms with van der Waals surface area (Å²) in [6.07, 6.45) is -15.0. The van der Waals surface area contributed by atoms with E-state index in [2.05, 4.69) is 12.6 Å². The van der Waals surface area contributed by atoms with Gasteiger partial charge in [0.05, 0.1) is 13.2 Å². The van der Waals surface area contributed by atoms with E-state index < -0.39 is 68.3 Å². The second kappa shape index (κ2) is 13.6. The first kappa shape index (κ1) is 30.3. The molecule has 1 aliphatic rings. The molecule has 0 amide bonds. The number of aryl methyl sites for hydroxylation is 2. The van der Waals surface area contributed by atoms with Crippen molar-refractivity contribution in [3.63, 3.8) is 0 Å². The number of benzene rings is 1. The van der Waals surface area contributed by atoms with Crippen LogP contribution in [0.2, 0.25) is 0 Å². The Morgan fingerprint density at radius 3 is 2.26 bits per heavy atom. The van der Waals surface area contributed by atoms with Crippen LogP contribution in [0.3, 0.4) is 0 Å². The van der Waals surface area contributed by atoms with Crippen LogP contribution in [0, 0.1) is 13.8 Å². The van der Waals surface area contributed by atoms with E-state index in [1.165, 1.54) is 4.90 Å². The van der Waals surface area contributed by atoms with Crippen molar-refractivity contribution in [3.05, 3.63) is 34.9 Å². The minimum Gasteiger partial charge on any atom is -0.394 e. The molecule has 1 fully saturated rings. The molecule has 0 unspecified atom stereocenters. The van der Waals surface area contributed by atoms with Gasteiger partial charge >= 0.3 is 0 Å². The van der Waals surface area contributed by atoms with Crippen LogP contribution in [0.5, 0.6) is 0 Å². The first-order valence-electron chi connectivity index (χ1n) is 11.1. The van der Waals surface area contributed by atoms with Crippen molar-refractivity contribution < 1.29 is 50.3 Å². The Hall–Kier alpha value is -0.940. The van der Waals surface area contributed by atoms with Crippen LogP contribution < -0.4 is 0 Å². The minimum atomic E-state index is -1.81. The van der Waals surface area contributed by atoms with Crippen molar-refractivity contribution in [1.82, 2.24) is 4.90 Å². The average Bonchev–Trinajstić information content (AvgIpc) is 2.83. The lowest BCUT2D eigenvalue weighted by Crippen LogP contribution is -2.61. The van der Waals surface area contributed by atoms with Gasteiger partial charge in [-0.2, -0.15) is 0 Å². The summed E-state index contributed by atoms with van der Waals surface area (Å²) in [7, 11) is 0. The van der Waals surface area contributed by atoms with Crippen molar-refractivity contribution in [2.24, 2.45) is 0 Å². The summed E-state index contributed by atoms with van der Waals surface area (Å²) < 4.78 is 10.8. The van der Waals surface area contributed by atoms with E-state index in [4.69, 9.17) is 21.7 Å². The topological polar surface area (TPSA) is 184 Å². The van der Waals surface area contributed by atoms with Gasteiger partial charge in [0.1, 0.15) is 53.2 Å². The summed E-state index contributed by atoms with van der Waals surface area (Å²) in [5, 5.41) is 80.6. The Labute approximate surface area is 214 Å². The van der Waals surface area contributed by atoms with Gasteiger partial charge in [-0.3, -0.25) is 0 Å². The molecule has 2 rings (SSSR count). The van der Waals surface area contributed by atoms with E-state index in [9.17, 15) is 40.9 Å². The van der Waals surface area contributed by atoms with Gasteiger partial charge in [0.25, 0.3) is 0 Å². The van der Waals surface area contributed by atoms with Crippen LogP contribution in [0.4, 0.5) is 0 Å². The lowest BCUT2D eigenvalue weighted by molar-refractivity contribution is -0.327. The maximum absolute atomic E-state index is 10.8. The van der Waals surface area contributed by atoms with Gasteiger partial charge in [-0.25, -0.2) is 0 Å². The summed E-state index contributed by atoms with van der Waals surface area (Å²) in [6, 6.07) is 5.79. The van der Waals surface area contributed by atoms with Gasteiger partial charge in [0.15, 0.2) is 6.29 Å². The second-order valence-corrected chi connectivity index (χ2v) is 9.80. The molecule has 0 aliphatic carbocycles. The van der Waals surface area contributed by atoms with Crippen LogP contribution in [0.15, 0.2) is 18.2 Å². The minimum absolute atomic E-state index is 0.142. The number of thiol groups is 1. The molecule has 35 heavy (non-hydrogen) atoms.